The van der Waals surface area contributed by atoms with Crippen molar-refractivity contribution in [2.45, 2.75) is 45.9 Å². The minimum absolute atomic E-state index is 0.0991. The zero-order valence-electron chi connectivity index (χ0n) is 11.3. The maximum Gasteiger partial charge on any atom is 0.0692 e. The van der Waals surface area contributed by atoms with Gasteiger partial charge in [-0.05, 0) is 5.92 Å². The van der Waals surface area contributed by atoms with Crippen molar-refractivity contribution in [3.05, 3.63) is 18.0 Å². The van der Waals surface area contributed by atoms with Crippen molar-refractivity contribution in [1.29, 1.82) is 0 Å². The Hall–Kier alpha value is -0.910. The molecule has 1 aromatic heterocycles. The minimum atomic E-state index is -0.285. The van der Waals surface area contributed by atoms with E-state index in [0.29, 0.717) is 25.6 Å². The van der Waals surface area contributed by atoms with Crippen LogP contribution in [0, 0.1) is 5.92 Å². The van der Waals surface area contributed by atoms with E-state index < -0.39 is 0 Å². The summed E-state index contributed by atoms with van der Waals surface area (Å²) >= 11 is 0. The van der Waals surface area contributed by atoms with Crippen molar-refractivity contribution < 1.29 is 10.2 Å². The fourth-order valence-electron chi connectivity index (χ4n) is 2.09. The van der Waals surface area contributed by atoms with E-state index in [1.165, 1.54) is 0 Å². The van der Waals surface area contributed by atoms with Gasteiger partial charge >= 0.3 is 0 Å². The van der Waals surface area contributed by atoms with Crippen molar-refractivity contribution in [2.24, 2.45) is 5.92 Å². The summed E-state index contributed by atoms with van der Waals surface area (Å²) in [6.07, 6.45) is 5.42. The van der Waals surface area contributed by atoms with Crippen molar-refractivity contribution in [3.8, 4) is 0 Å². The molecule has 0 bridgehead atoms. The Morgan fingerprint density at radius 3 is 2.72 bits per heavy atom. The van der Waals surface area contributed by atoms with Gasteiger partial charge in [-0.2, -0.15) is 5.10 Å². The van der Waals surface area contributed by atoms with Gasteiger partial charge in [0.25, 0.3) is 0 Å². The van der Waals surface area contributed by atoms with Crippen LogP contribution in [-0.2, 0) is 13.1 Å². The molecule has 1 unspecified atom stereocenters. The summed E-state index contributed by atoms with van der Waals surface area (Å²) in [5.41, 5.74) is 1.07. The first-order valence-corrected chi connectivity index (χ1v) is 6.72. The van der Waals surface area contributed by atoms with Crippen LogP contribution in [0.25, 0.3) is 0 Å². The normalized spacial score (nSPS) is 13.2. The van der Waals surface area contributed by atoms with Crippen molar-refractivity contribution in [2.75, 3.05) is 13.2 Å². The number of aliphatic hydroxyl groups excluding tert-OH is 2. The number of hydrogen-bond acceptors (Lipinski definition) is 4. The van der Waals surface area contributed by atoms with Crippen LogP contribution in [0.4, 0.5) is 0 Å². The van der Waals surface area contributed by atoms with Gasteiger partial charge in [-0.3, -0.25) is 4.68 Å². The number of nitrogens with one attached hydrogen (secondary N) is 1. The second-order valence-corrected chi connectivity index (χ2v) is 4.61. The Labute approximate surface area is 109 Å². The molecule has 5 nitrogen and oxygen atoms in total. The van der Waals surface area contributed by atoms with Crippen molar-refractivity contribution >= 4 is 0 Å². The van der Waals surface area contributed by atoms with Gasteiger partial charge in [0, 0.05) is 24.8 Å². The van der Waals surface area contributed by atoms with Crippen LogP contribution in [0.5, 0.6) is 0 Å². The fraction of sp³-hybridized carbons (Fsp3) is 0.769. The monoisotopic (exact) mass is 255 g/mol. The van der Waals surface area contributed by atoms with Crippen LogP contribution in [0.3, 0.4) is 0 Å². The molecule has 0 saturated heterocycles. The molecule has 0 amide bonds. The van der Waals surface area contributed by atoms with Gasteiger partial charge in [0.1, 0.15) is 0 Å². The van der Waals surface area contributed by atoms with Gasteiger partial charge in [0.2, 0.25) is 0 Å². The quantitative estimate of drug-likeness (QED) is 0.609. The zero-order valence-corrected chi connectivity index (χ0v) is 11.3. The van der Waals surface area contributed by atoms with E-state index >= 15 is 0 Å². The predicted molar refractivity (Wildman–Crippen MR) is 71.1 cm³/mol. The Balaban J connectivity index is 2.27. The lowest BCUT2D eigenvalue weighted by Crippen LogP contribution is -2.32. The van der Waals surface area contributed by atoms with E-state index in [0.717, 1.165) is 18.4 Å². The number of rotatable bonds is 9. The molecule has 1 atom stereocenters. The van der Waals surface area contributed by atoms with Crippen molar-refractivity contribution in [1.82, 2.24) is 15.1 Å². The summed E-state index contributed by atoms with van der Waals surface area (Å²) < 4.78 is 1.72. The number of aromatic nitrogens is 2. The average molecular weight is 255 g/mol. The minimum Gasteiger partial charge on any atom is -0.394 e. The van der Waals surface area contributed by atoms with Gasteiger partial charge in [0.05, 0.1) is 25.5 Å². The third-order valence-electron chi connectivity index (χ3n) is 3.29. The van der Waals surface area contributed by atoms with Crippen LogP contribution >= 0.6 is 0 Å². The van der Waals surface area contributed by atoms with Crippen LogP contribution in [0.1, 0.15) is 32.3 Å². The smallest absolute Gasteiger partial charge is 0.0692 e. The van der Waals surface area contributed by atoms with Gasteiger partial charge < -0.3 is 15.5 Å². The molecule has 1 heterocycles. The first-order valence-electron chi connectivity index (χ1n) is 6.72. The average Bonchev–Trinajstić information content (AvgIpc) is 2.79. The summed E-state index contributed by atoms with van der Waals surface area (Å²) in [6, 6.07) is 0. The molecule has 3 N–H and O–H groups in total. The highest BCUT2D eigenvalue weighted by molar-refractivity contribution is 5.03. The molecule has 1 aromatic rings. The number of aliphatic hydroxyl groups is 2. The highest BCUT2D eigenvalue weighted by atomic mass is 16.3. The fourth-order valence-corrected chi connectivity index (χ4v) is 2.09. The summed E-state index contributed by atoms with van der Waals surface area (Å²) in [7, 11) is 0. The molecule has 0 radical (unpaired) electrons. The summed E-state index contributed by atoms with van der Waals surface area (Å²) in [5, 5.41) is 26.1. The van der Waals surface area contributed by atoms with Gasteiger partial charge in [-0.25, -0.2) is 0 Å². The lowest BCUT2D eigenvalue weighted by molar-refractivity contribution is 0.101. The Bertz CT molecular complexity index is 324. The molecule has 0 aromatic carbocycles. The maximum absolute atomic E-state index is 9.96. The van der Waals surface area contributed by atoms with E-state index in [-0.39, 0.29) is 12.7 Å². The Morgan fingerprint density at radius 2 is 2.11 bits per heavy atom. The lowest BCUT2D eigenvalue weighted by Gasteiger charge is -2.20. The highest BCUT2D eigenvalue weighted by Crippen LogP contribution is 2.12. The SMILES string of the molecule is CCC(CC)C(O)CNCc1cnn(CCO)c1. The zero-order chi connectivity index (χ0) is 13.4. The number of hydrogen-bond donors (Lipinski definition) is 3. The molecule has 18 heavy (non-hydrogen) atoms. The largest absolute Gasteiger partial charge is 0.394 e. The molecule has 0 aliphatic rings. The molecule has 5 heteroatoms. The van der Waals surface area contributed by atoms with E-state index in [2.05, 4.69) is 24.3 Å². The Kier molecular flexibility index (Phi) is 6.93. The molecule has 0 spiro atoms. The summed E-state index contributed by atoms with van der Waals surface area (Å²) in [4.78, 5) is 0. The van der Waals surface area contributed by atoms with Gasteiger partial charge in [-0.1, -0.05) is 26.7 Å². The molecular weight excluding hydrogens is 230 g/mol. The highest BCUT2D eigenvalue weighted by Gasteiger charge is 2.14. The van der Waals surface area contributed by atoms with Crippen molar-refractivity contribution in [3.63, 3.8) is 0 Å². The third-order valence-corrected chi connectivity index (χ3v) is 3.29. The van der Waals surface area contributed by atoms with Crippen LogP contribution in [0.2, 0.25) is 0 Å². The molecule has 104 valence electrons. The molecule has 0 aliphatic carbocycles. The maximum atomic E-state index is 9.96. The van der Waals surface area contributed by atoms with Crippen LogP contribution < -0.4 is 5.32 Å². The lowest BCUT2D eigenvalue weighted by atomic mass is 9.96. The molecule has 0 saturated carbocycles. The van der Waals surface area contributed by atoms with E-state index in [1.807, 2.05) is 6.20 Å². The van der Waals surface area contributed by atoms with Gasteiger partial charge in [-0.15, -0.1) is 0 Å². The Morgan fingerprint density at radius 1 is 1.39 bits per heavy atom. The van der Waals surface area contributed by atoms with E-state index in [9.17, 15) is 5.11 Å². The first kappa shape index (κ1) is 15.1. The first-order chi connectivity index (χ1) is 8.71. The van der Waals surface area contributed by atoms with Crippen LogP contribution in [0.15, 0.2) is 12.4 Å². The van der Waals surface area contributed by atoms with E-state index in [4.69, 9.17) is 5.11 Å². The number of nitrogens with zero attached hydrogens (tertiary/aromatic N) is 2. The molecular formula is C13H25N3O2. The third kappa shape index (κ3) is 4.76. The second-order valence-electron chi connectivity index (χ2n) is 4.61. The standard InChI is InChI=1S/C13H25N3O2/c1-3-12(4-2)13(18)9-14-7-11-8-15-16(10-11)5-6-17/h8,10,12-14,17-18H,3-7,9H2,1-2H3. The second kappa shape index (κ2) is 8.24. The summed E-state index contributed by atoms with van der Waals surface area (Å²) in [6.45, 7) is 6.14. The van der Waals surface area contributed by atoms with Crippen LogP contribution in [-0.4, -0.2) is 39.2 Å². The summed E-state index contributed by atoms with van der Waals surface area (Å²) in [5.74, 6) is 0.370. The van der Waals surface area contributed by atoms with Gasteiger partial charge in [0.15, 0.2) is 0 Å². The predicted octanol–water partition coefficient (Wildman–Crippen LogP) is 0.762. The molecule has 0 fully saturated rings. The topological polar surface area (TPSA) is 70.3 Å². The van der Waals surface area contributed by atoms with E-state index in [1.54, 1.807) is 10.9 Å². The molecule has 0 aliphatic heterocycles. The molecule has 1 rings (SSSR count).